The SMILES string of the molecule is CCCCCC(=O)OC.Cc1[nH]ccc2c1[nH]c1cc(=O)ccc12. The van der Waals surface area contributed by atoms with E-state index in [1.807, 2.05) is 25.3 Å². The number of methoxy groups -OCH3 is 1. The number of hydrogen-bond donors (Lipinski definition) is 2. The zero-order chi connectivity index (χ0) is 17.5. The summed E-state index contributed by atoms with van der Waals surface area (Å²) >= 11 is 0. The Morgan fingerprint density at radius 1 is 1.17 bits per heavy atom. The molecule has 24 heavy (non-hydrogen) atoms. The molecule has 2 N–H and O–H groups in total. The van der Waals surface area contributed by atoms with Crippen LogP contribution in [-0.4, -0.2) is 23.0 Å². The van der Waals surface area contributed by atoms with Crippen LogP contribution in [0.3, 0.4) is 0 Å². The number of aryl methyl sites for hydroxylation is 1. The maximum absolute atomic E-state index is 11.2. The summed E-state index contributed by atoms with van der Waals surface area (Å²) in [6.07, 6.45) is 5.72. The number of aromatic amines is 2. The Balaban J connectivity index is 0.000000202. The zero-order valence-electron chi connectivity index (χ0n) is 14.4. The van der Waals surface area contributed by atoms with Crippen molar-refractivity contribution in [1.29, 1.82) is 0 Å². The number of nitrogens with one attached hydrogen (secondary N) is 2. The van der Waals surface area contributed by atoms with Gasteiger partial charge in [-0.2, -0.15) is 0 Å². The van der Waals surface area contributed by atoms with Gasteiger partial charge in [-0.1, -0.05) is 19.8 Å². The molecule has 3 rings (SSSR count). The summed E-state index contributed by atoms with van der Waals surface area (Å²) in [5.74, 6) is -0.0940. The standard InChI is InChI=1S/C12H10N2O.C7H14O2/c1-7-12-10(4-5-13-7)9-3-2-8(15)6-11(9)14-12;1-3-4-5-6-7(8)9-2/h2-6,13-14H,1H3;3-6H2,1-2H3. The molecule has 5 nitrogen and oxygen atoms in total. The number of carbonyl (C=O) groups excluding carboxylic acids is 1. The average Bonchev–Trinajstić information content (AvgIpc) is 2.94. The molecule has 1 aromatic carbocycles. The van der Waals surface area contributed by atoms with Crippen LogP contribution < -0.4 is 5.43 Å². The van der Waals surface area contributed by atoms with Gasteiger partial charge in [0.1, 0.15) is 0 Å². The lowest BCUT2D eigenvalue weighted by atomic mass is 10.2. The predicted octanol–water partition coefficient (Wildman–Crippen LogP) is 4.06. The van der Waals surface area contributed by atoms with E-state index in [0.717, 1.165) is 46.8 Å². The number of rotatable bonds is 4. The third-order valence-electron chi connectivity index (χ3n) is 3.95. The molecule has 2 heterocycles. The molecular formula is C19H24N2O3. The summed E-state index contributed by atoms with van der Waals surface area (Å²) in [5.41, 5.74) is 3.09. The van der Waals surface area contributed by atoms with Gasteiger partial charge in [0.25, 0.3) is 0 Å². The van der Waals surface area contributed by atoms with Crippen molar-refractivity contribution in [3.63, 3.8) is 0 Å². The van der Waals surface area contributed by atoms with Crippen molar-refractivity contribution in [1.82, 2.24) is 9.97 Å². The monoisotopic (exact) mass is 328 g/mol. The Hall–Kier alpha value is -2.56. The molecular weight excluding hydrogens is 304 g/mol. The molecule has 3 aromatic rings. The molecule has 0 aliphatic carbocycles. The maximum atomic E-state index is 11.2. The van der Waals surface area contributed by atoms with Crippen molar-refractivity contribution in [3.8, 4) is 0 Å². The largest absolute Gasteiger partial charge is 0.469 e. The van der Waals surface area contributed by atoms with Crippen molar-refractivity contribution in [2.75, 3.05) is 7.11 Å². The van der Waals surface area contributed by atoms with Gasteiger partial charge >= 0.3 is 5.97 Å². The van der Waals surface area contributed by atoms with Crippen molar-refractivity contribution in [3.05, 3.63) is 46.4 Å². The molecule has 0 aliphatic rings. The summed E-state index contributed by atoms with van der Waals surface area (Å²) in [6, 6.07) is 7.12. The molecule has 0 spiro atoms. The predicted molar refractivity (Wildman–Crippen MR) is 97.3 cm³/mol. The lowest BCUT2D eigenvalue weighted by molar-refractivity contribution is -0.140. The Labute approximate surface area is 141 Å². The van der Waals surface area contributed by atoms with Gasteiger partial charge in [0.05, 0.1) is 18.1 Å². The fraction of sp³-hybridized carbons (Fsp3) is 0.368. The van der Waals surface area contributed by atoms with Gasteiger partial charge in [0, 0.05) is 35.2 Å². The highest BCUT2D eigenvalue weighted by Gasteiger charge is 2.05. The van der Waals surface area contributed by atoms with Gasteiger partial charge in [0.2, 0.25) is 0 Å². The van der Waals surface area contributed by atoms with Crippen LogP contribution in [0.25, 0.3) is 21.8 Å². The number of aromatic nitrogens is 2. The number of ether oxygens (including phenoxy) is 1. The van der Waals surface area contributed by atoms with Crippen molar-refractivity contribution >= 4 is 27.8 Å². The highest BCUT2D eigenvalue weighted by atomic mass is 16.5. The van der Waals surface area contributed by atoms with Crippen LogP contribution in [0.5, 0.6) is 0 Å². The second kappa shape index (κ2) is 8.34. The van der Waals surface area contributed by atoms with Crippen LogP contribution in [0.1, 0.15) is 38.3 Å². The summed E-state index contributed by atoms with van der Waals surface area (Å²) in [6.45, 7) is 4.12. The van der Waals surface area contributed by atoms with E-state index >= 15 is 0 Å². The lowest BCUT2D eigenvalue weighted by Crippen LogP contribution is -1.98. The van der Waals surface area contributed by atoms with Gasteiger partial charge in [-0.05, 0) is 31.5 Å². The number of pyridine rings is 1. The average molecular weight is 328 g/mol. The third kappa shape index (κ3) is 4.25. The topological polar surface area (TPSA) is 75.0 Å². The van der Waals surface area contributed by atoms with Gasteiger partial charge in [-0.25, -0.2) is 0 Å². The van der Waals surface area contributed by atoms with Crippen LogP contribution in [0, 0.1) is 6.92 Å². The minimum absolute atomic E-state index is 0.0377. The second-order valence-electron chi connectivity index (χ2n) is 5.76. The molecule has 0 amide bonds. The number of carbonyl (C=O) groups is 1. The maximum Gasteiger partial charge on any atom is 0.305 e. The highest BCUT2D eigenvalue weighted by molar-refractivity contribution is 6.07. The van der Waals surface area contributed by atoms with Crippen LogP contribution in [-0.2, 0) is 9.53 Å². The Morgan fingerprint density at radius 2 is 1.96 bits per heavy atom. The molecule has 128 valence electrons. The van der Waals surface area contributed by atoms with E-state index in [4.69, 9.17) is 0 Å². The van der Waals surface area contributed by atoms with Crippen LogP contribution in [0.4, 0.5) is 0 Å². The Bertz CT molecular complexity index is 877. The fourth-order valence-corrected chi connectivity index (χ4v) is 2.61. The molecule has 0 atom stereocenters. The number of hydrogen-bond acceptors (Lipinski definition) is 3. The number of fused-ring (bicyclic) bond motifs is 3. The first-order valence-electron chi connectivity index (χ1n) is 8.23. The normalized spacial score (nSPS) is 10.5. The first-order chi connectivity index (χ1) is 11.6. The minimum Gasteiger partial charge on any atom is -0.469 e. The van der Waals surface area contributed by atoms with E-state index in [0.29, 0.717) is 6.42 Å². The van der Waals surface area contributed by atoms with Gasteiger partial charge in [0.15, 0.2) is 5.43 Å². The van der Waals surface area contributed by atoms with Crippen LogP contribution in [0.15, 0.2) is 35.3 Å². The molecule has 0 saturated heterocycles. The fourth-order valence-electron chi connectivity index (χ4n) is 2.61. The second-order valence-corrected chi connectivity index (χ2v) is 5.76. The van der Waals surface area contributed by atoms with Crippen LogP contribution >= 0.6 is 0 Å². The quantitative estimate of drug-likeness (QED) is 0.560. The number of unbranched alkanes of at least 4 members (excludes halogenated alkanes) is 2. The minimum atomic E-state index is -0.0940. The smallest absolute Gasteiger partial charge is 0.305 e. The van der Waals surface area contributed by atoms with Crippen molar-refractivity contribution < 1.29 is 9.53 Å². The Morgan fingerprint density at radius 3 is 2.67 bits per heavy atom. The highest BCUT2D eigenvalue weighted by Crippen LogP contribution is 2.24. The molecule has 0 radical (unpaired) electrons. The molecule has 0 unspecified atom stereocenters. The van der Waals surface area contributed by atoms with Crippen LogP contribution in [0.2, 0.25) is 0 Å². The third-order valence-corrected chi connectivity index (χ3v) is 3.95. The summed E-state index contributed by atoms with van der Waals surface area (Å²) in [5, 5.41) is 2.25. The molecule has 5 heteroatoms. The van der Waals surface area contributed by atoms with E-state index in [2.05, 4.69) is 21.6 Å². The summed E-state index contributed by atoms with van der Waals surface area (Å²) in [7, 11) is 1.42. The molecule has 2 aromatic heterocycles. The lowest BCUT2D eigenvalue weighted by Gasteiger charge is -1.95. The van der Waals surface area contributed by atoms with Crippen molar-refractivity contribution in [2.24, 2.45) is 0 Å². The van der Waals surface area contributed by atoms with E-state index < -0.39 is 0 Å². The first-order valence-corrected chi connectivity index (χ1v) is 8.23. The van der Waals surface area contributed by atoms with E-state index in [1.165, 1.54) is 7.11 Å². The van der Waals surface area contributed by atoms with E-state index in [9.17, 15) is 9.59 Å². The Kier molecular flexibility index (Phi) is 6.18. The molecule has 0 aliphatic heterocycles. The van der Waals surface area contributed by atoms with Crippen molar-refractivity contribution in [2.45, 2.75) is 39.5 Å². The summed E-state index contributed by atoms with van der Waals surface area (Å²) < 4.78 is 4.46. The van der Waals surface area contributed by atoms with Gasteiger partial charge < -0.3 is 14.7 Å². The van der Waals surface area contributed by atoms with E-state index in [1.54, 1.807) is 12.1 Å². The molecule has 0 saturated carbocycles. The summed E-state index contributed by atoms with van der Waals surface area (Å²) in [4.78, 5) is 28.1. The zero-order valence-corrected chi connectivity index (χ0v) is 14.4. The first kappa shape index (κ1) is 17.8. The number of benzene rings is 1. The number of esters is 1. The molecule has 0 fully saturated rings. The van der Waals surface area contributed by atoms with Gasteiger partial charge in [-0.15, -0.1) is 0 Å². The van der Waals surface area contributed by atoms with Gasteiger partial charge in [-0.3, -0.25) is 9.59 Å². The number of H-pyrrole nitrogens is 2. The molecule has 0 bridgehead atoms. The van der Waals surface area contributed by atoms with E-state index in [-0.39, 0.29) is 11.4 Å².